The highest BCUT2D eigenvalue weighted by molar-refractivity contribution is 7.89. The van der Waals surface area contributed by atoms with Gasteiger partial charge in [-0.05, 0) is 39.7 Å². The fourth-order valence-electron chi connectivity index (χ4n) is 2.98. The topological polar surface area (TPSA) is 105 Å². The first-order chi connectivity index (χ1) is 11.1. The number of halogens is 1. The van der Waals surface area contributed by atoms with Crippen LogP contribution >= 0.6 is 12.4 Å². The molecule has 0 saturated carbocycles. The maximum atomic E-state index is 12.6. The van der Waals surface area contributed by atoms with E-state index in [1.807, 2.05) is 0 Å². The molecule has 2 heterocycles. The molecule has 3 N–H and O–H groups in total. The van der Waals surface area contributed by atoms with Crippen molar-refractivity contribution in [1.29, 1.82) is 0 Å². The minimum Gasteiger partial charge on any atom is -0.350 e. The monoisotopic (exact) mass is 393 g/mol. The molecule has 1 saturated heterocycles. The summed E-state index contributed by atoms with van der Waals surface area (Å²) in [5.74, 6) is 0.0418. The zero-order chi connectivity index (χ0) is 18.1. The van der Waals surface area contributed by atoms with Gasteiger partial charge in [-0.3, -0.25) is 9.48 Å². The predicted octanol–water partition coefficient (Wildman–Crippen LogP) is 0.240. The summed E-state index contributed by atoms with van der Waals surface area (Å²) in [6, 6.07) is -0.844. The normalized spacial score (nSPS) is 22.1. The Balaban J connectivity index is 0.00000312. The first-order valence-electron chi connectivity index (χ1n) is 8.17. The van der Waals surface area contributed by atoms with Gasteiger partial charge in [0.05, 0.1) is 17.4 Å². The van der Waals surface area contributed by atoms with Gasteiger partial charge in [-0.2, -0.15) is 9.82 Å². The van der Waals surface area contributed by atoms with Crippen LogP contribution in [-0.2, 0) is 21.9 Å². The number of piperidine rings is 1. The van der Waals surface area contributed by atoms with Gasteiger partial charge in [-0.15, -0.1) is 12.4 Å². The van der Waals surface area contributed by atoms with Crippen molar-refractivity contribution in [2.45, 2.75) is 51.1 Å². The molecule has 1 aliphatic rings. The standard InChI is InChI=1S/C15H27N5O3S.ClH/c1-9-6-7-16-8-13(9)17-15(21)11(3)19-24(22,23)14-10(2)18-20(5)12(14)4;/h9,11,13,16,19H,6-8H2,1-5H3,(H,17,21);1H. The second-order valence-corrected chi connectivity index (χ2v) is 8.20. The minimum absolute atomic E-state index is 0. The van der Waals surface area contributed by atoms with E-state index in [1.165, 1.54) is 4.68 Å². The van der Waals surface area contributed by atoms with E-state index in [9.17, 15) is 13.2 Å². The van der Waals surface area contributed by atoms with Gasteiger partial charge in [-0.25, -0.2) is 8.42 Å². The van der Waals surface area contributed by atoms with Crippen LogP contribution in [0.3, 0.4) is 0 Å². The molecule has 3 unspecified atom stereocenters. The lowest BCUT2D eigenvalue weighted by atomic mass is 9.94. The fourth-order valence-corrected chi connectivity index (χ4v) is 4.62. The van der Waals surface area contributed by atoms with Crippen LogP contribution in [0.25, 0.3) is 0 Å². The molecule has 1 amide bonds. The Morgan fingerprint density at radius 3 is 2.56 bits per heavy atom. The molecule has 144 valence electrons. The maximum Gasteiger partial charge on any atom is 0.244 e. The molecule has 25 heavy (non-hydrogen) atoms. The summed E-state index contributed by atoms with van der Waals surface area (Å²) >= 11 is 0. The van der Waals surface area contributed by atoms with E-state index in [4.69, 9.17) is 0 Å². The number of aromatic nitrogens is 2. The largest absolute Gasteiger partial charge is 0.350 e. The van der Waals surface area contributed by atoms with Crippen molar-refractivity contribution < 1.29 is 13.2 Å². The summed E-state index contributed by atoms with van der Waals surface area (Å²) in [7, 11) is -2.12. The third-order valence-corrected chi connectivity index (χ3v) is 6.38. The van der Waals surface area contributed by atoms with E-state index in [2.05, 4.69) is 27.4 Å². The molecule has 8 nitrogen and oxygen atoms in total. The number of nitrogens with zero attached hydrogens (tertiary/aromatic N) is 2. The molecule has 0 aromatic carbocycles. The molecule has 1 aromatic rings. The highest BCUT2D eigenvalue weighted by Crippen LogP contribution is 2.18. The van der Waals surface area contributed by atoms with Crippen molar-refractivity contribution in [3.8, 4) is 0 Å². The Morgan fingerprint density at radius 1 is 1.40 bits per heavy atom. The number of hydrogen-bond donors (Lipinski definition) is 3. The van der Waals surface area contributed by atoms with Crippen molar-refractivity contribution >= 4 is 28.3 Å². The molecular formula is C15H28ClN5O3S. The number of nitrogens with one attached hydrogen (secondary N) is 3. The zero-order valence-corrected chi connectivity index (χ0v) is 16.9. The summed E-state index contributed by atoms with van der Waals surface area (Å²) in [6.45, 7) is 8.61. The molecule has 1 aromatic heterocycles. The average Bonchev–Trinajstić information content (AvgIpc) is 2.74. The van der Waals surface area contributed by atoms with Gasteiger partial charge in [0.1, 0.15) is 4.90 Å². The molecule has 2 rings (SSSR count). The van der Waals surface area contributed by atoms with E-state index in [0.717, 1.165) is 13.0 Å². The maximum absolute atomic E-state index is 12.6. The average molecular weight is 394 g/mol. The molecule has 1 fully saturated rings. The highest BCUT2D eigenvalue weighted by atomic mass is 35.5. The van der Waals surface area contributed by atoms with Crippen molar-refractivity contribution in [2.24, 2.45) is 13.0 Å². The number of carbonyl (C=O) groups is 1. The first-order valence-corrected chi connectivity index (χ1v) is 9.65. The fraction of sp³-hybridized carbons (Fsp3) is 0.733. The van der Waals surface area contributed by atoms with E-state index >= 15 is 0 Å². The third-order valence-electron chi connectivity index (χ3n) is 4.59. The molecule has 0 radical (unpaired) electrons. The summed E-state index contributed by atoms with van der Waals surface area (Å²) in [4.78, 5) is 12.5. The van der Waals surface area contributed by atoms with Crippen LogP contribution in [0, 0.1) is 19.8 Å². The second kappa shape index (κ2) is 8.48. The van der Waals surface area contributed by atoms with Crippen LogP contribution in [-0.4, -0.2) is 49.3 Å². The highest BCUT2D eigenvalue weighted by Gasteiger charge is 2.30. The molecule has 3 atom stereocenters. The smallest absolute Gasteiger partial charge is 0.244 e. The van der Waals surface area contributed by atoms with Crippen molar-refractivity contribution in [2.75, 3.05) is 13.1 Å². The Kier molecular flexibility index (Phi) is 7.42. The van der Waals surface area contributed by atoms with Crippen molar-refractivity contribution in [3.05, 3.63) is 11.4 Å². The molecule has 0 aliphatic carbocycles. The molecular weight excluding hydrogens is 366 g/mol. The number of rotatable bonds is 5. The Morgan fingerprint density at radius 2 is 2.04 bits per heavy atom. The van der Waals surface area contributed by atoms with Gasteiger partial charge in [0.15, 0.2) is 0 Å². The van der Waals surface area contributed by atoms with Crippen LogP contribution in [0.4, 0.5) is 0 Å². The van der Waals surface area contributed by atoms with Crippen LogP contribution in [0.5, 0.6) is 0 Å². The predicted molar refractivity (Wildman–Crippen MR) is 98.3 cm³/mol. The van der Waals surface area contributed by atoms with Crippen molar-refractivity contribution in [1.82, 2.24) is 25.1 Å². The van der Waals surface area contributed by atoms with Crippen LogP contribution in [0.2, 0.25) is 0 Å². The Bertz CT molecular complexity index is 719. The Labute approximate surface area is 155 Å². The van der Waals surface area contributed by atoms with Crippen LogP contribution in [0.1, 0.15) is 31.7 Å². The van der Waals surface area contributed by atoms with E-state index in [0.29, 0.717) is 23.9 Å². The Hall–Kier alpha value is -1.16. The lowest BCUT2D eigenvalue weighted by Gasteiger charge is -2.31. The zero-order valence-electron chi connectivity index (χ0n) is 15.3. The van der Waals surface area contributed by atoms with Gasteiger partial charge in [0.25, 0.3) is 0 Å². The third kappa shape index (κ3) is 4.93. The lowest BCUT2D eigenvalue weighted by Crippen LogP contribution is -2.54. The van der Waals surface area contributed by atoms with E-state index < -0.39 is 16.1 Å². The quantitative estimate of drug-likeness (QED) is 0.664. The number of amides is 1. The number of carbonyl (C=O) groups excluding carboxylic acids is 1. The van der Waals surface area contributed by atoms with Gasteiger partial charge < -0.3 is 10.6 Å². The molecule has 10 heteroatoms. The summed E-state index contributed by atoms with van der Waals surface area (Å²) in [5.41, 5.74) is 0.956. The number of sulfonamides is 1. The van der Waals surface area contributed by atoms with E-state index in [1.54, 1.807) is 27.8 Å². The number of aryl methyl sites for hydroxylation is 2. The summed E-state index contributed by atoms with van der Waals surface area (Å²) in [5, 5.41) is 10.3. The van der Waals surface area contributed by atoms with Crippen molar-refractivity contribution in [3.63, 3.8) is 0 Å². The lowest BCUT2D eigenvalue weighted by molar-refractivity contribution is -0.123. The van der Waals surface area contributed by atoms with Gasteiger partial charge in [-0.1, -0.05) is 6.92 Å². The molecule has 1 aliphatic heterocycles. The molecule has 0 spiro atoms. The molecule has 0 bridgehead atoms. The van der Waals surface area contributed by atoms with Gasteiger partial charge in [0.2, 0.25) is 15.9 Å². The summed E-state index contributed by atoms with van der Waals surface area (Å²) < 4.78 is 29.2. The first kappa shape index (κ1) is 21.9. The minimum atomic E-state index is -3.81. The van der Waals surface area contributed by atoms with E-state index in [-0.39, 0.29) is 29.3 Å². The summed E-state index contributed by atoms with van der Waals surface area (Å²) in [6.07, 6.45) is 0.985. The van der Waals surface area contributed by atoms with Gasteiger partial charge in [0, 0.05) is 19.6 Å². The number of hydrogen-bond acceptors (Lipinski definition) is 5. The van der Waals surface area contributed by atoms with Crippen LogP contribution in [0.15, 0.2) is 4.90 Å². The SMILES string of the molecule is Cc1nn(C)c(C)c1S(=O)(=O)NC(C)C(=O)NC1CNCCC1C.Cl. The van der Waals surface area contributed by atoms with Crippen LogP contribution < -0.4 is 15.4 Å². The van der Waals surface area contributed by atoms with Gasteiger partial charge >= 0.3 is 0 Å². The second-order valence-electron chi connectivity index (χ2n) is 6.55.